The first-order chi connectivity index (χ1) is 29.9. The van der Waals surface area contributed by atoms with Gasteiger partial charge >= 0.3 is 0 Å². The van der Waals surface area contributed by atoms with Crippen LogP contribution < -0.4 is 20.0 Å². The van der Waals surface area contributed by atoms with E-state index in [1.165, 1.54) is 9.75 Å². The first-order valence-electron chi connectivity index (χ1n) is 21.0. The predicted molar refractivity (Wildman–Crippen MR) is 232 cm³/mol. The van der Waals surface area contributed by atoms with E-state index in [0.29, 0.717) is 26.4 Å². The molecule has 338 valence electrons. The molecule has 2 fully saturated rings. The van der Waals surface area contributed by atoms with E-state index >= 15 is 0 Å². The molecule has 0 unspecified atom stereocenters. The second kappa shape index (κ2) is 26.2. The summed E-state index contributed by atoms with van der Waals surface area (Å²) in [6.45, 7) is 11.3. The number of carboxylic acid groups (broad SMARTS) is 2. The van der Waals surface area contributed by atoms with Crippen LogP contribution in [0.15, 0.2) is 95.7 Å². The van der Waals surface area contributed by atoms with Crippen molar-refractivity contribution in [2.75, 3.05) is 66.7 Å². The van der Waals surface area contributed by atoms with Crippen LogP contribution in [0, 0.1) is 0 Å². The van der Waals surface area contributed by atoms with Crippen LogP contribution in [0.5, 0.6) is 0 Å². The van der Waals surface area contributed by atoms with Crippen molar-refractivity contribution < 1.29 is 58.3 Å². The van der Waals surface area contributed by atoms with Gasteiger partial charge in [-0.05, 0) is 34.0 Å². The quantitative estimate of drug-likeness (QED) is 0.109. The number of amides is 2. The molecule has 0 spiro atoms. The molecule has 62 heavy (non-hydrogen) atoms. The lowest BCUT2D eigenvalue weighted by Crippen LogP contribution is -3.14. The number of carbonyl (C=O) groups excluding carboxylic acids is 4. The number of hydroxylamine groups is 4. The number of piperidine rings is 2. The van der Waals surface area contributed by atoms with Crippen molar-refractivity contribution in [1.82, 2.24) is 10.1 Å². The van der Waals surface area contributed by atoms with E-state index in [4.69, 9.17) is 39.0 Å². The first-order valence-corrected chi connectivity index (χ1v) is 22.7. The molecule has 0 aliphatic carbocycles. The summed E-state index contributed by atoms with van der Waals surface area (Å²) >= 11 is 3.65. The minimum atomic E-state index is -2.19. The maximum atomic E-state index is 12.4. The SMILES string of the molecule is COCC1(N(OCc2ccccc2)C(C)=O)CC[NH+](CCc2cccs2)CC1.COCC1(N(OCc2ccccc2)C(C)=O)CC[NH+](CCc2cccs2)CC1.O=C([O-])C(=O)[O-]. The zero-order valence-electron chi connectivity index (χ0n) is 36.3. The van der Waals surface area contributed by atoms with Gasteiger partial charge in [0.25, 0.3) is 0 Å². The molecule has 16 heteroatoms. The molecule has 2 N–H and O–H groups in total. The van der Waals surface area contributed by atoms with Crippen LogP contribution >= 0.6 is 22.7 Å². The van der Waals surface area contributed by atoms with Gasteiger partial charge in [-0.2, -0.15) is 0 Å². The van der Waals surface area contributed by atoms with Crippen molar-refractivity contribution in [2.45, 2.75) is 76.7 Å². The van der Waals surface area contributed by atoms with Gasteiger partial charge in [-0.25, -0.2) is 10.1 Å². The van der Waals surface area contributed by atoms with Crippen LogP contribution in [0.2, 0.25) is 0 Å². The van der Waals surface area contributed by atoms with Crippen LogP contribution in [0.1, 0.15) is 60.4 Å². The highest BCUT2D eigenvalue weighted by Crippen LogP contribution is 2.29. The maximum Gasteiger partial charge on any atom is 0.243 e. The second-order valence-corrected chi connectivity index (χ2v) is 17.8. The van der Waals surface area contributed by atoms with Crippen LogP contribution in [0.3, 0.4) is 0 Å². The molecule has 2 aliphatic heterocycles. The summed E-state index contributed by atoms with van der Waals surface area (Å²) in [5.74, 6) is -4.49. The maximum absolute atomic E-state index is 12.4. The number of hydrogen-bond acceptors (Lipinski definition) is 12. The van der Waals surface area contributed by atoms with Gasteiger partial charge in [0.15, 0.2) is 0 Å². The number of ether oxygens (including phenoxy) is 2. The summed E-state index contributed by atoms with van der Waals surface area (Å²) in [5.41, 5.74) is 1.34. The topological polar surface area (TPSA) is 167 Å². The summed E-state index contributed by atoms with van der Waals surface area (Å²) in [6.07, 6.45) is 5.77. The third kappa shape index (κ3) is 16.0. The summed E-state index contributed by atoms with van der Waals surface area (Å²) in [7, 11) is 3.40. The number of carbonyl (C=O) groups is 4. The van der Waals surface area contributed by atoms with E-state index in [-0.39, 0.29) is 22.9 Å². The van der Waals surface area contributed by atoms with Gasteiger partial charge in [0, 0.05) is 76.3 Å². The minimum Gasteiger partial charge on any atom is -0.543 e. The van der Waals surface area contributed by atoms with Crippen molar-refractivity contribution in [2.24, 2.45) is 0 Å². The van der Waals surface area contributed by atoms with Crippen molar-refractivity contribution in [3.05, 3.63) is 117 Å². The van der Waals surface area contributed by atoms with Gasteiger partial charge in [0.1, 0.15) is 24.3 Å². The number of aliphatic carboxylic acids is 2. The van der Waals surface area contributed by atoms with Gasteiger partial charge < -0.3 is 39.1 Å². The lowest BCUT2D eigenvalue weighted by atomic mass is 9.87. The van der Waals surface area contributed by atoms with Gasteiger partial charge in [0.2, 0.25) is 11.8 Å². The molecule has 4 aromatic rings. The number of quaternary nitrogens is 2. The normalized spacial score (nSPS) is 20.7. The zero-order valence-corrected chi connectivity index (χ0v) is 38.0. The van der Waals surface area contributed by atoms with E-state index in [2.05, 4.69) is 35.0 Å². The predicted octanol–water partition coefficient (Wildman–Crippen LogP) is 1.16. The summed E-state index contributed by atoms with van der Waals surface area (Å²) in [6, 6.07) is 28.6. The molecule has 0 saturated carbocycles. The molecule has 2 aliphatic rings. The standard InChI is InChI=1S/2C22H30N2O3S.C2H2O4/c2*1-19(25)24(27-17-20-7-4-3-5-8-20)22(18-26-2)11-14-23(15-12-22)13-10-21-9-6-16-28-21;3-1(4)2(5)6/h2*3-9,16H,10-15,17-18H2,1-2H3;(H,3,4)(H,5,6). The van der Waals surface area contributed by atoms with E-state index in [1.807, 2.05) is 83.3 Å². The van der Waals surface area contributed by atoms with Gasteiger partial charge in [0.05, 0.1) is 64.4 Å². The molecule has 2 amide bonds. The smallest absolute Gasteiger partial charge is 0.243 e. The number of nitrogens with zero attached hydrogens (tertiary/aromatic N) is 2. The second-order valence-electron chi connectivity index (χ2n) is 15.7. The third-order valence-electron chi connectivity index (χ3n) is 11.2. The number of benzene rings is 2. The molecule has 2 aromatic carbocycles. The van der Waals surface area contributed by atoms with E-state index in [1.54, 1.807) is 48.0 Å². The Labute approximate surface area is 373 Å². The number of carboxylic acids is 2. The molecule has 0 radical (unpaired) electrons. The highest BCUT2D eigenvalue weighted by Gasteiger charge is 2.46. The fourth-order valence-corrected chi connectivity index (χ4v) is 9.47. The Morgan fingerprint density at radius 2 is 0.935 bits per heavy atom. The highest BCUT2D eigenvalue weighted by molar-refractivity contribution is 7.10. The summed E-state index contributed by atoms with van der Waals surface area (Å²) < 4.78 is 11.1. The Morgan fingerprint density at radius 1 is 0.581 bits per heavy atom. The average Bonchev–Trinajstić information content (AvgIpc) is 4.00. The van der Waals surface area contributed by atoms with Crippen molar-refractivity contribution in [3.8, 4) is 0 Å². The van der Waals surface area contributed by atoms with Crippen molar-refractivity contribution in [1.29, 1.82) is 0 Å². The average molecular weight is 895 g/mol. The molecular weight excluding hydrogens is 833 g/mol. The van der Waals surface area contributed by atoms with Crippen LogP contribution in [0.25, 0.3) is 0 Å². The van der Waals surface area contributed by atoms with Gasteiger partial charge in [-0.15, -0.1) is 22.7 Å². The molecule has 4 heterocycles. The molecule has 6 rings (SSSR count). The molecule has 0 atom stereocenters. The monoisotopic (exact) mass is 894 g/mol. The Balaban J connectivity index is 0.000000241. The third-order valence-corrected chi connectivity index (χ3v) is 13.1. The van der Waals surface area contributed by atoms with Crippen molar-refractivity contribution >= 4 is 46.4 Å². The van der Waals surface area contributed by atoms with Crippen LogP contribution in [-0.2, 0) is 64.4 Å². The number of nitrogens with one attached hydrogen (secondary N) is 2. The summed E-state index contributed by atoms with van der Waals surface area (Å²) in [5, 5.41) is 25.3. The highest BCUT2D eigenvalue weighted by atomic mass is 32.1. The number of likely N-dealkylation sites (tertiary alicyclic amines) is 2. The molecular formula is C46H62N4O10S2. The lowest BCUT2D eigenvalue weighted by Gasteiger charge is -2.45. The molecule has 14 nitrogen and oxygen atoms in total. The molecule has 0 bridgehead atoms. The van der Waals surface area contributed by atoms with Crippen molar-refractivity contribution in [3.63, 3.8) is 0 Å². The number of hydrogen-bond donors (Lipinski definition) is 2. The van der Waals surface area contributed by atoms with E-state index in [9.17, 15) is 9.59 Å². The fraction of sp³-hybridized carbons (Fsp3) is 0.478. The van der Waals surface area contributed by atoms with E-state index in [0.717, 1.165) is 88.9 Å². The Hall–Kier alpha value is -4.52. The Kier molecular flexibility index (Phi) is 21.2. The fourth-order valence-electron chi connectivity index (χ4n) is 8.05. The minimum absolute atomic E-state index is 0.0602. The number of thiophene rings is 2. The lowest BCUT2D eigenvalue weighted by molar-refractivity contribution is -0.907. The zero-order chi connectivity index (χ0) is 44.8. The van der Waals surface area contributed by atoms with Crippen LogP contribution in [0.4, 0.5) is 0 Å². The number of methoxy groups -OCH3 is 2. The largest absolute Gasteiger partial charge is 0.543 e. The number of rotatable bonds is 18. The van der Waals surface area contributed by atoms with Gasteiger partial charge in [-0.3, -0.25) is 19.3 Å². The van der Waals surface area contributed by atoms with Gasteiger partial charge in [-0.1, -0.05) is 72.8 Å². The van der Waals surface area contributed by atoms with Crippen LogP contribution in [-0.4, -0.2) is 112 Å². The van der Waals surface area contributed by atoms with E-state index < -0.39 is 11.9 Å². The Bertz CT molecular complexity index is 1750. The molecule has 2 saturated heterocycles. The first kappa shape index (κ1) is 50.1. The molecule has 2 aromatic heterocycles. The Morgan fingerprint density at radius 3 is 1.21 bits per heavy atom. The summed E-state index contributed by atoms with van der Waals surface area (Å²) in [4.78, 5) is 60.9.